The summed E-state index contributed by atoms with van der Waals surface area (Å²) >= 11 is 0. The summed E-state index contributed by atoms with van der Waals surface area (Å²) in [4.78, 5) is 4.47. The Balaban J connectivity index is 2.29. The number of fused-ring (bicyclic) bond motifs is 4. The van der Waals surface area contributed by atoms with Gasteiger partial charge in [0.2, 0.25) is 0 Å². The molecule has 0 radical (unpaired) electrons. The van der Waals surface area contributed by atoms with Gasteiger partial charge in [-0.15, -0.1) is 0 Å². The van der Waals surface area contributed by atoms with Crippen LogP contribution in [-0.2, 0) is 0 Å². The van der Waals surface area contributed by atoms with Crippen LogP contribution in [0, 0.1) is 15.8 Å². The molecule has 18 heavy (non-hydrogen) atoms. The first-order valence-electron chi connectivity index (χ1n) is 5.92. The lowest BCUT2D eigenvalue weighted by molar-refractivity contribution is 1.20. The summed E-state index contributed by atoms with van der Waals surface area (Å²) in [6.45, 7) is 0. The van der Waals surface area contributed by atoms with Crippen molar-refractivity contribution in [2.24, 2.45) is 0 Å². The Bertz CT molecular complexity index is 934. The van der Waals surface area contributed by atoms with Crippen molar-refractivity contribution in [2.45, 2.75) is 0 Å². The van der Waals surface area contributed by atoms with Gasteiger partial charge in [0, 0.05) is 17.0 Å². The second-order valence-electron chi connectivity index (χ2n) is 4.52. The van der Waals surface area contributed by atoms with E-state index in [9.17, 15) is 0 Å². The number of pyridine rings is 1. The second-order valence-corrected chi connectivity index (χ2v) is 4.52. The van der Waals surface area contributed by atoms with Crippen molar-refractivity contribution < 1.29 is 0 Å². The second kappa shape index (κ2) is 3.26. The van der Waals surface area contributed by atoms with Crippen LogP contribution in [0.15, 0.2) is 42.6 Å². The van der Waals surface area contributed by atoms with E-state index in [1.165, 1.54) is 10.4 Å². The normalized spacial score (nSPS) is 14.3. The van der Waals surface area contributed by atoms with E-state index in [-0.39, 0.29) is 0 Å². The largest absolute Gasteiger partial charge is 0.300 e. The average molecular weight is 230 g/mol. The molecule has 2 heteroatoms. The van der Waals surface area contributed by atoms with Gasteiger partial charge < -0.3 is 5.41 Å². The maximum atomic E-state index is 8.08. The first-order chi connectivity index (χ1) is 8.84. The topological polar surface area (TPSA) is 36.7 Å². The van der Waals surface area contributed by atoms with E-state index >= 15 is 0 Å². The third-order valence-corrected chi connectivity index (χ3v) is 3.49. The highest BCUT2D eigenvalue weighted by atomic mass is 14.7. The molecule has 1 aromatic heterocycles. The Morgan fingerprint density at radius 2 is 1.94 bits per heavy atom. The summed E-state index contributed by atoms with van der Waals surface area (Å²) in [5.74, 6) is 0. The highest BCUT2D eigenvalue weighted by Crippen LogP contribution is 2.14. The summed E-state index contributed by atoms with van der Waals surface area (Å²) in [7, 11) is 0. The van der Waals surface area contributed by atoms with Gasteiger partial charge in [-0.3, -0.25) is 4.98 Å². The molecule has 0 saturated carbocycles. The number of nitrogens with one attached hydrogen (secondary N) is 1. The summed E-state index contributed by atoms with van der Waals surface area (Å²) in [5, 5.41) is 12.5. The molecule has 0 atom stereocenters. The molecule has 2 aliphatic rings. The molecular formula is C16H10N2. The predicted octanol–water partition coefficient (Wildman–Crippen LogP) is 1.23. The van der Waals surface area contributed by atoms with Gasteiger partial charge in [0.05, 0.1) is 11.1 Å². The van der Waals surface area contributed by atoms with Crippen molar-refractivity contribution in [3.05, 3.63) is 74.7 Å². The zero-order valence-electron chi connectivity index (χ0n) is 9.64. The number of hydrogen-bond donors (Lipinski definition) is 1. The van der Waals surface area contributed by atoms with Crippen molar-refractivity contribution in [3.8, 4) is 0 Å². The van der Waals surface area contributed by atoms with Crippen LogP contribution in [0.5, 0.6) is 0 Å². The first-order valence-corrected chi connectivity index (χ1v) is 5.92. The van der Waals surface area contributed by atoms with E-state index in [0.29, 0.717) is 5.71 Å². The molecule has 2 aromatic rings. The molecule has 2 aliphatic carbocycles. The smallest absolute Gasteiger partial charge is 0.0729 e. The maximum Gasteiger partial charge on any atom is 0.0729 e. The molecule has 1 heterocycles. The lowest BCUT2D eigenvalue weighted by Gasteiger charge is -2.07. The minimum atomic E-state index is 0.543. The van der Waals surface area contributed by atoms with Gasteiger partial charge in [-0.1, -0.05) is 30.3 Å². The highest BCUT2D eigenvalue weighted by molar-refractivity contribution is 6.10. The van der Waals surface area contributed by atoms with Crippen LogP contribution >= 0.6 is 0 Å². The lowest BCUT2D eigenvalue weighted by atomic mass is 10.00. The minimum Gasteiger partial charge on any atom is -0.300 e. The van der Waals surface area contributed by atoms with Crippen LogP contribution in [-0.4, -0.2) is 10.7 Å². The fourth-order valence-corrected chi connectivity index (χ4v) is 2.66. The van der Waals surface area contributed by atoms with Crippen molar-refractivity contribution in [2.75, 3.05) is 0 Å². The van der Waals surface area contributed by atoms with E-state index in [2.05, 4.69) is 23.2 Å². The van der Waals surface area contributed by atoms with Crippen molar-refractivity contribution >= 4 is 17.9 Å². The molecule has 0 aliphatic heterocycles. The zero-order chi connectivity index (χ0) is 12.1. The van der Waals surface area contributed by atoms with E-state index in [1.54, 1.807) is 0 Å². The number of nitrogens with zero attached hydrogens (tertiary/aromatic N) is 1. The van der Waals surface area contributed by atoms with E-state index in [4.69, 9.17) is 5.41 Å². The fraction of sp³-hybridized carbons (Fsp3) is 0. The van der Waals surface area contributed by atoms with E-state index < -0.39 is 0 Å². The molecule has 0 bridgehead atoms. The van der Waals surface area contributed by atoms with Gasteiger partial charge >= 0.3 is 0 Å². The third kappa shape index (κ3) is 1.12. The summed E-state index contributed by atoms with van der Waals surface area (Å²) in [6, 6.07) is 8.29. The van der Waals surface area contributed by atoms with Gasteiger partial charge in [0.1, 0.15) is 0 Å². The molecule has 84 valence electrons. The molecule has 0 amide bonds. The summed E-state index contributed by atoms with van der Waals surface area (Å²) in [6.07, 6.45) is 9.74. The fourth-order valence-electron chi connectivity index (χ4n) is 2.66. The molecule has 4 rings (SSSR count). The third-order valence-electron chi connectivity index (χ3n) is 3.49. The summed E-state index contributed by atoms with van der Waals surface area (Å²) < 4.78 is 0. The monoisotopic (exact) mass is 230 g/mol. The van der Waals surface area contributed by atoms with Crippen molar-refractivity contribution in [1.82, 2.24) is 4.98 Å². The van der Waals surface area contributed by atoms with Gasteiger partial charge in [-0.2, -0.15) is 0 Å². The Kier molecular flexibility index (Phi) is 1.73. The van der Waals surface area contributed by atoms with Gasteiger partial charge in [-0.25, -0.2) is 0 Å². The molecule has 0 fully saturated rings. The van der Waals surface area contributed by atoms with Gasteiger partial charge in [0.15, 0.2) is 0 Å². The Morgan fingerprint density at radius 3 is 2.89 bits per heavy atom. The number of aromatic nitrogens is 1. The number of rotatable bonds is 0. The minimum absolute atomic E-state index is 0.543. The Labute approximate surface area is 103 Å². The van der Waals surface area contributed by atoms with E-state index in [0.717, 1.165) is 21.7 Å². The van der Waals surface area contributed by atoms with Gasteiger partial charge in [0.25, 0.3) is 0 Å². The molecule has 0 unspecified atom stereocenters. The first kappa shape index (κ1) is 9.54. The number of hydrogen-bond acceptors (Lipinski definition) is 2. The van der Waals surface area contributed by atoms with E-state index in [1.807, 2.05) is 36.6 Å². The average Bonchev–Trinajstić information content (AvgIpc) is 2.77. The van der Waals surface area contributed by atoms with Crippen molar-refractivity contribution in [1.29, 1.82) is 5.41 Å². The van der Waals surface area contributed by atoms with Crippen LogP contribution in [0.3, 0.4) is 0 Å². The molecule has 1 aromatic carbocycles. The summed E-state index contributed by atoms with van der Waals surface area (Å²) in [5.41, 5.74) is 2.62. The number of benzene rings is 1. The van der Waals surface area contributed by atoms with Crippen LogP contribution < -0.4 is 10.6 Å². The Morgan fingerprint density at radius 1 is 1.06 bits per heavy atom. The molecule has 0 saturated heterocycles. The SMILES string of the molecule is N=C1C=CC=c2ncc3c(c21)C=c1ccccc1=3. The molecule has 2 nitrogen and oxygen atoms in total. The molecule has 1 N–H and O–H groups in total. The highest BCUT2D eigenvalue weighted by Gasteiger charge is 2.13. The standard InChI is InChI=1S/C16H10N2/c17-14-6-3-7-15-16(14)12-8-10-4-1-2-5-11(10)13(12)9-18-15/h1-9,17H. The van der Waals surface area contributed by atoms with Crippen molar-refractivity contribution in [3.63, 3.8) is 0 Å². The van der Waals surface area contributed by atoms with Crippen LogP contribution in [0.2, 0.25) is 0 Å². The predicted molar refractivity (Wildman–Crippen MR) is 71.6 cm³/mol. The zero-order valence-corrected chi connectivity index (χ0v) is 9.64. The Hall–Kier alpha value is -2.48. The molecular weight excluding hydrogens is 220 g/mol. The quantitative estimate of drug-likeness (QED) is 0.619. The molecule has 0 spiro atoms. The van der Waals surface area contributed by atoms with Crippen LogP contribution in [0.1, 0.15) is 11.1 Å². The van der Waals surface area contributed by atoms with Gasteiger partial charge in [-0.05, 0) is 34.2 Å². The number of allylic oxidation sites excluding steroid dienone is 2. The lowest BCUT2D eigenvalue weighted by Crippen LogP contribution is -2.21. The van der Waals surface area contributed by atoms with Crippen LogP contribution in [0.25, 0.3) is 12.2 Å². The van der Waals surface area contributed by atoms with Crippen LogP contribution in [0.4, 0.5) is 0 Å². The maximum absolute atomic E-state index is 8.08.